The molecule has 20 heavy (non-hydrogen) atoms. The number of hydrogen-bond donors (Lipinski definition) is 3. The lowest BCUT2D eigenvalue weighted by Crippen LogP contribution is -2.36. The Hall–Kier alpha value is -1.82. The van der Waals surface area contributed by atoms with E-state index in [9.17, 15) is 14.3 Å². The molecule has 1 unspecified atom stereocenters. The molecule has 0 aliphatic carbocycles. The Kier molecular flexibility index (Phi) is 6.79. The van der Waals surface area contributed by atoms with Crippen molar-refractivity contribution in [3.05, 3.63) is 29.6 Å². The van der Waals surface area contributed by atoms with Crippen LogP contribution in [0.15, 0.2) is 18.2 Å². The van der Waals surface area contributed by atoms with Crippen molar-refractivity contribution >= 4 is 6.03 Å². The first-order valence-corrected chi connectivity index (χ1v) is 6.58. The van der Waals surface area contributed by atoms with Crippen LogP contribution in [0.25, 0.3) is 0 Å². The van der Waals surface area contributed by atoms with E-state index in [1.807, 2.05) is 6.92 Å². The number of halogens is 1. The van der Waals surface area contributed by atoms with Gasteiger partial charge in [0, 0.05) is 19.2 Å². The Morgan fingerprint density at radius 2 is 2.15 bits per heavy atom. The van der Waals surface area contributed by atoms with Crippen LogP contribution < -0.4 is 15.4 Å². The maximum Gasteiger partial charge on any atom is 0.315 e. The van der Waals surface area contributed by atoms with Crippen molar-refractivity contribution in [2.45, 2.75) is 32.4 Å². The predicted octanol–water partition coefficient (Wildman–Crippen LogP) is 1.79. The third-order valence-corrected chi connectivity index (χ3v) is 2.85. The number of ether oxygens (including phenoxy) is 1. The van der Waals surface area contributed by atoms with Gasteiger partial charge in [0.05, 0.1) is 13.2 Å². The Morgan fingerprint density at radius 1 is 1.40 bits per heavy atom. The molecule has 1 aromatic carbocycles. The molecule has 0 fully saturated rings. The number of urea groups is 1. The van der Waals surface area contributed by atoms with Gasteiger partial charge in [-0.05, 0) is 30.5 Å². The van der Waals surface area contributed by atoms with Gasteiger partial charge in [-0.25, -0.2) is 9.18 Å². The fourth-order valence-corrected chi connectivity index (χ4v) is 1.64. The van der Waals surface area contributed by atoms with E-state index in [0.29, 0.717) is 30.7 Å². The molecule has 0 aromatic heterocycles. The Morgan fingerprint density at radius 3 is 2.80 bits per heavy atom. The molecule has 1 aromatic rings. The van der Waals surface area contributed by atoms with Crippen LogP contribution in [0, 0.1) is 5.82 Å². The first-order valence-electron chi connectivity index (χ1n) is 6.58. The van der Waals surface area contributed by atoms with E-state index in [2.05, 4.69) is 10.6 Å². The first-order chi connectivity index (χ1) is 9.55. The van der Waals surface area contributed by atoms with Gasteiger partial charge in [-0.3, -0.25) is 0 Å². The highest BCUT2D eigenvalue weighted by Crippen LogP contribution is 2.15. The number of aliphatic hydroxyl groups is 1. The molecule has 0 heterocycles. The lowest BCUT2D eigenvalue weighted by molar-refractivity contribution is 0.160. The predicted molar refractivity (Wildman–Crippen MR) is 74.1 cm³/mol. The molecule has 0 spiro atoms. The summed E-state index contributed by atoms with van der Waals surface area (Å²) in [5, 5.41) is 14.6. The molecule has 0 radical (unpaired) electrons. The summed E-state index contributed by atoms with van der Waals surface area (Å²) in [7, 11) is 1.46. The van der Waals surface area contributed by atoms with Gasteiger partial charge in [-0.15, -0.1) is 0 Å². The van der Waals surface area contributed by atoms with Crippen molar-refractivity contribution in [1.29, 1.82) is 0 Å². The number of amides is 2. The number of aliphatic hydroxyl groups excluding tert-OH is 1. The summed E-state index contributed by atoms with van der Waals surface area (Å²) in [6.07, 6.45) is 0.771. The highest BCUT2D eigenvalue weighted by Gasteiger charge is 2.05. The second-order valence-corrected chi connectivity index (χ2v) is 4.46. The lowest BCUT2D eigenvalue weighted by atomic mass is 10.2. The largest absolute Gasteiger partial charge is 0.497 e. The van der Waals surface area contributed by atoms with E-state index in [1.54, 1.807) is 6.07 Å². The highest BCUT2D eigenvalue weighted by atomic mass is 19.1. The van der Waals surface area contributed by atoms with Gasteiger partial charge >= 0.3 is 6.03 Å². The normalized spacial score (nSPS) is 11.8. The molecular formula is C14H21FN2O3. The molecule has 6 heteroatoms. The number of hydrogen-bond acceptors (Lipinski definition) is 3. The molecule has 3 N–H and O–H groups in total. The van der Waals surface area contributed by atoms with Crippen LogP contribution in [0.2, 0.25) is 0 Å². The molecule has 0 saturated carbocycles. The SMILES string of the molecule is CCC(O)CCNC(=O)NCc1cc(F)cc(OC)c1. The van der Waals surface area contributed by atoms with Crippen molar-refractivity contribution < 1.29 is 19.0 Å². The third kappa shape index (κ3) is 5.88. The number of benzene rings is 1. The highest BCUT2D eigenvalue weighted by molar-refractivity contribution is 5.73. The summed E-state index contributed by atoms with van der Waals surface area (Å²) in [6, 6.07) is 3.92. The topological polar surface area (TPSA) is 70.6 Å². The van der Waals surface area contributed by atoms with Crippen LogP contribution in [-0.2, 0) is 6.54 Å². The molecule has 2 amide bonds. The maximum atomic E-state index is 13.2. The lowest BCUT2D eigenvalue weighted by Gasteiger charge is -2.10. The van der Waals surface area contributed by atoms with Gasteiger partial charge < -0.3 is 20.5 Å². The van der Waals surface area contributed by atoms with Gasteiger partial charge in [0.1, 0.15) is 11.6 Å². The zero-order chi connectivity index (χ0) is 15.0. The fourth-order valence-electron chi connectivity index (χ4n) is 1.64. The molecule has 5 nitrogen and oxygen atoms in total. The second kappa shape index (κ2) is 8.37. The van der Waals surface area contributed by atoms with Crippen LogP contribution in [0.5, 0.6) is 5.75 Å². The Balaban J connectivity index is 2.35. The van der Waals surface area contributed by atoms with E-state index >= 15 is 0 Å². The minimum absolute atomic E-state index is 0.205. The molecule has 0 aliphatic rings. The van der Waals surface area contributed by atoms with Crippen LogP contribution in [0.3, 0.4) is 0 Å². The molecule has 0 aliphatic heterocycles. The Labute approximate surface area is 118 Å². The van der Waals surface area contributed by atoms with Crippen molar-refractivity contribution in [3.63, 3.8) is 0 Å². The quantitative estimate of drug-likeness (QED) is 0.715. The summed E-state index contributed by atoms with van der Waals surface area (Å²) in [4.78, 5) is 11.5. The third-order valence-electron chi connectivity index (χ3n) is 2.85. The van der Waals surface area contributed by atoms with E-state index in [4.69, 9.17) is 4.74 Å². The summed E-state index contributed by atoms with van der Waals surface area (Å²) in [5.74, 6) is 0.000836. The van der Waals surface area contributed by atoms with Crippen molar-refractivity contribution in [2.24, 2.45) is 0 Å². The summed E-state index contributed by atoms with van der Waals surface area (Å²) < 4.78 is 18.2. The van der Waals surface area contributed by atoms with Crippen LogP contribution in [0.1, 0.15) is 25.3 Å². The van der Waals surface area contributed by atoms with Gasteiger partial charge in [-0.2, -0.15) is 0 Å². The summed E-state index contributed by atoms with van der Waals surface area (Å²) in [5.41, 5.74) is 0.616. The molecule has 112 valence electrons. The summed E-state index contributed by atoms with van der Waals surface area (Å²) in [6.45, 7) is 2.48. The molecule has 0 saturated heterocycles. The van der Waals surface area contributed by atoms with Crippen molar-refractivity contribution in [1.82, 2.24) is 10.6 Å². The molecule has 1 rings (SSSR count). The van der Waals surface area contributed by atoms with Crippen molar-refractivity contribution in [2.75, 3.05) is 13.7 Å². The average Bonchev–Trinajstić information content (AvgIpc) is 2.44. The number of rotatable bonds is 7. The van der Waals surface area contributed by atoms with E-state index in [-0.39, 0.29) is 12.6 Å². The minimum Gasteiger partial charge on any atom is -0.497 e. The minimum atomic E-state index is -0.410. The monoisotopic (exact) mass is 284 g/mol. The first kappa shape index (κ1) is 16.2. The van der Waals surface area contributed by atoms with Crippen LogP contribution >= 0.6 is 0 Å². The number of methoxy groups -OCH3 is 1. The van der Waals surface area contributed by atoms with E-state index in [0.717, 1.165) is 0 Å². The van der Waals surface area contributed by atoms with E-state index < -0.39 is 11.9 Å². The molecule has 1 atom stereocenters. The zero-order valence-corrected chi connectivity index (χ0v) is 11.8. The van der Waals surface area contributed by atoms with Gasteiger partial charge in [0.2, 0.25) is 0 Å². The van der Waals surface area contributed by atoms with E-state index in [1.165, 1.54) is 19.2 Å². The van der Waals surface area contributed by atoms with Gasteiger partial charge in [0.25, 0.3) is 0 Å². The van der Waals surface area contributed by atoms with Gasteiger partial charge in [-0.1, -0.05) is 6.92 Å². The number of carbonyl (C=O) groups excluding carboxylic acids is 1. The smallest absolute Gasteiger partial charge is 0.315 e. The molecular weight excluding hydrogens is 263 g/mol. The average molecular weight is 284 g/mol. The zero-order valence-electron chi connectivity index (χ0n) is 11.8. The fraction of sp³-hybridized carbons (Fsp3) is 0.500. The van der Waals surface area contributed by atoms with Crippen LogP contribution in [0.4, 0.5) is 9.18 Å². The number of carbonyl (C=O) groups is 1. The molecule has 0 bridgehead atoms. The second-order valence-electron chi connectivity index (χ2n) is 4.46. The number of nitrogens with one attached hydrogen (secondary N) is 2. The van der Waals surface area contributed by atoms with Crippen LogP contribution in [-0.4, -0.2) is 30.9 Å². The summed E-state index contributed by atoms with van der Waals surface area (Å²) >= 11 is 0. The Bertz CT molecular complexity index is 440. The van der Waals surface area contributed by atoms with Crippen molar-refractivity contribution in [3.8, 4) is 5.75 Å². The van der Waals surface area contributed by atoms with Gasteiger partial charge in [0.15, 0.2) is 0 Å². The maximum absolute atomic E-state index is 13.2. The standard InChI is InChI=1S/C14H21FN2O3/c1-3-12(18)4-5-16-14(19)17-9-10-6-11(15)8-13(7-10)20-2/h6-8,12,18H,3-5,9H2,1-2H3,(H2,16,17,19).